The summed E-state index contributed by atoms with van der Waals surface area (Å²) >= 11 is 13.7. The second kappa shape index (κ2) is 8.95. The highest BCUT2D eigenvalue weighted by molar-refractivity contribution is 8.00. The number of fused-ring (bicyclic) bond motifs is 1. The molecule has 0 bridgehead atoms. The number of carbonyl (C=O) groups is 1. The molecule has 3 aromatic rings. The summed E-state index contributed by atoms with van der Waals surface area (Å²) in [6.07, 6.45) is 0. The molecule has 1 heterocycles. The highest BCUT2D eigenvalue weighted by atomic mass is 35.5. The number of hydrogen-bond acceptors (Lipinski definition) is 3. The van der Waals surface area contributed by atoms with Gasteiger partial charge < -0.3 is 5.32 Å². The van der Waals surface area contributed by atoms with Crippen molar-refractivity contribution in [2.75, 3.05) is 0 Å². The van der Waals surface area contributed by atoms with Gasteiger partial charge in [0.25, 0.3) is 0 Å². The van der Waals surface area contributed by atoms with Crippen LogP contribution >= 0.6 is 35.0 Å². The molecular formula is C23H24Cl2N2OS. The number of nitrogens with zero attached hydrogens (tertiary/aromatic N) is 1. The molecule has 1 aromatic heterocycles. The van der Waals surface area contributed by atoms with E-state index in [9.17, 15) is 4.79 Å². The first-order chi connectivity index (χ1) is 13.7. The van der Waals surface area contributed by atoms with Crippen molar-refractivity contribution in [1.82, 2.24) is 10.3 Å². The molecule has 2 aromatic carbocycles. The first-order valence-electron chi connectivity index (χ1n) is 9.46. The molecule has 6 heteroatoms. The van der Waals surface area contributed by atoms with Crippen LogP contribution in [0.3, 0.4) is 0 Å². The Kier molecular flexibility index (Phi) is 6.77. The van der Waals surface area contributed by atoms with Crippen LogP contribution in [-0.4, -0.2) is 16.1 Å². The van der Waals surface area contributed by atoms with Gasteiger partial charge in [0, 0.05) is 15.4 Å². The number of thioether (sulfide) groups is 1. The molecule has 3 nitrogen and oxygen atoms in total. The summed E-state index contributed by atoms with van der Waals surface area (Å²) in [5, 5.41) is 5.87. The van der Waals surface area contributed by atoms with Crippen LogP contribution in [0.4, 0.5) is 0 Å². The topological polar surface area (TPSA) is 42.0 Å². The van der Waals surface area contributed by atoms with Crippen molar-refractivity contribution in [2.24, 2.45) is 0 Å². The molecule has 2 atom stereocenters. The third-order valence-corrected chi connectivity index (χ3v) is 6.47. The minimum absolute atomic E-state index is 0.0614. The number of rotatable bonds is 5. The van der Waals surface area contributed by atoms with Gasteiger partial charge in [0.15, 0.2) is 0 Å². The Morgan fingerprint density at radius 2 is 1.76 bits per heavy atom. The van der Waals surface area contributed by atoms with Gasteiger partial charge in [-0.05, 0) is 75.6 Å². The van der Waals surface area contributed by atoms with Gasteiger partial charge in [-0.3, -0.25) is 4.79 Å². The SMILES string of the molecule is Cc1cc(C)c2nc(S[C@H](C)C(=O)N[C@@H](C)c3ccc(Cl)cc3Cl)cc(C)c2c1. The third-order valence-electron chi connectivity index (χ3n) is 4.89. The number of benzene rings is 2. The number of halogens is 2. The molecule has 1 N–H and O–H groups in total. The maximum Gasteiger partial charge on any atom is 0.233 e. The average molecular weight is 447 g/mol. The first kappa shape index (κ1) is 21.9. The summed E-state index contributed by atoms with van der Waals surface area (Å²) in [4.78, 5) is 17.5. The number of amides is 1. The fraction of sp³-hybridized carbons (Fsp3) is 0.304. The summed E-state index contributed by atoms with van der Waals surface area (Å²) in [6, 6.07) is 11.4. The Bertz CT molecular complexity index is 1080. The molecule has 29 heavy (non-hydrogen) atoms. The Labute approximate surface area is 186 Å². The molecule has 0 aliphatic carbocycles. The predicted molar refractivity (Wildman–Crippen MR) is 124 cm³/mol. The van der Waals surface area contributed by atoms with E-state index in [-0.39, 0.29) is 17.2 Å². The van der Waals surface area contributed by atoms with E-state index in [1.165, 1.54) is 22.9 Å². The number of hydrogen-bond donors (Lipinski definition) is 1. The number of pyridine rings is 1. The van der Waals surface area contributed by atoms with Crippen LogP contribution in [-0.2, 0) is 4.79 Å². The maximum absolute atomic E-state index is 12.7. The quantitative estimate of drug-likeness (QED) is 0.436. The second-order valence-corrected chi connectivity index (χ2v) is 9.62. The lowest BCUT2D eigenvalue weighted by Gasteiger charge is -2.19. The zero-order valence-corrected chi connectivity index (χ0v) is 19.5. The van der Waals surface area contributed by atoms with Crippen LogP contribution in [0, 0.1) is 20.8 Å². The minimum atomic E-state index is -0.293. The molecule has 3 rings (SSSR count). The van der Waals surface area contributed by atoms with Crippen molar-refractivity contribution >= 4 is 51.8 Å². The molecule has 0 radical (unpaired) electrons. The molecule has 0 fully saturated rings. The Morgan fingerprint density at radius 3 is 2.45 bits per heavy atom. The van der Waals surface area contributed by atoms with Crippen LogP contribution in [0.1, 0.15) is 42.1 Å². The summed E-state index contributed by atoms with van der Waals surface area (Å²) in [5.41, 5.74) is 5.37. The minimum Gasteiger partial charge on any atom is -0.349 e. The van der Waals surface area contributed by atoms with Crippen LogP contribution in [0.2, 0.25) is 10.0 Å². The van der Waals surface area contributed by atoms with Gasteiger partial charge >= 0.3 is 0 Å². The van der Waals surface area contributed by atoms with Crippen molar-refractivity contribution in [3.8, 4) is 0 Å². The van der Waals surface area contributed by atoms with Crippen molar-refractivity contribution in [3.63, 3.8) is 0 Å². The fourth-order valence-corrected chi connectivity index (χ4v) is 4.87. The van der Waals surface area contributed by atoms with Gasteiger partial charge in [-0.15, -0.1) is 0 Å². The van der Waals surface area contributed by atoms with Gasteiger partial charge in [-0.2, -0.15) is 0 Å². The largest absolute Gasteiger partial charge is 0.349 e. The van der Waals surface area contributed by atoms with E-state index in [4.69, 9.17) is 28.2 Å². The van der Waals surface area contributed by atoms with Crippen LogP contribution < -0.4 is 5.32 Å². The fourth-order valence-electron chi connectivity index (χ4n) is 3.37. The second-order valence-electron chi connectivity index (χ2n) is 7.41. The molecule has 0 aliphatic rings. The smallest absolute Gasteiger partial charge is 0.233 e. The Hall–Kier alpha value is -1.75. The third kappa shape index (κ3) is 5.06. The molecule has 0 saturated carbocycles. The normalized spacial score (nSPS) is 13.3. The summed E-state index contributed by atoms with van der Waals surface area (Å²) < 4.78 is 0. The molecule has 0 saturated heterocycles. The van der Waals surface area contributed by atoms with Crippen LogP contribution in [0.5, 0.6) is 0 Å². The van der Waals surface area contributed by atoms with Crippen LogP contribution in [0.25, 0.3) is 10.9 Å². The number of aryl methyl sites for hydroxylation is 3. The van der Waals surface area contributed by atoms with Crippen LogP contribution in [0.15, 0.2) is 41.4 Å². The molecular weight excluding hydrogens is 423 g/mol. The van der Waals surface area contributed by atoms with E-state index in [0.717, 1.165) is 27.1 Å². The van der Waals surface area contributed by atoms with E-state index in [2.05, 4.69) is 44.3 Å². The summed E-state index contributed by atoms with van der Waals surface area (Å²) in [6.45, 7) is 10.1. The highest BCUT2D eigenvalue weighted by Gasteiger charge is 2.20. The monoisotopic (exact) mass is 446 g/mol. The zero-order chi connectivity index (χ0) is 21.3. The van der Waals surface area contributed by atoms with E-state index < -0.39 is 0 Å². The van der Waals surface area contributed by atoms with E-state index in [1.807, 2.05) is 19.9 Å². The van der Waals surface area contributed by atoms with Gasteiger partial charge in [-0.1, -0.05) is 52.7 Å². The molecule has 0 unspecified atom stereocenters. The van der Waals surface area contributed by atoms with Gasteiger partial charge in [0.05, 0.1) is 21.8 Å². The van der Waals surface area contributed by atoms with E-state index in [1.54, 1.807) is 12.1 Å². The summed E-state index contributed by atoms with van der Waals surface area (Å²) in [5.74, 6) is -0.0614. The zero-order valence-electron chi connectivity index (χ0n) is 17.1. The number of carbonyl (C=O) groups excluding carboxylic acids is 1. The lowest BCUT2D eigenvalue weighted by molar-refractivity contribution is -0.120. The molecule has 0 spiro atoms. The van der Waals surface area contributed by atoms with Crippen molar-refractivity contribution in [2.45, 2.75) is 50.9 Å². The molecule has 1 amide bonds. The average Bonchev–Trinajstić information content (AvgIpc) is 2.62. The van der Waals surface area contributed by atoms with E-state index >= 15 is 0 Å². The van der Waals surface area contributed by atoms with Gasteiger partial charge in [-0.25, -0.2) is 4.98 Å². The van der Waals surface area contributed by atoms with Gasteiger partial charge in [0.1, 0.15) is 0 Å². The maximum atomic E-state index is 12.7. The number of aromatic nitrogens is 1. The lowest BCUT2D eigenvalue weighted by atomic mass is 10.0. The predicted octanol–water partition coefficient (Wildman–Crippen LogP) is 6.82. The lowest BCUT2D eigenvalue weighted by Crippen LogP contribution is -2.33. The highest BCUT2D eigenvalue weighted by Crippen LogP contribution is 2.30. The molecule has 0 aliphatic heterocycles. The number of nitrogens with one attached hydrogen (secondary N) is 1. The van der Waals surface area contributed by atoms with Crippen molar-refractivity contribution in [3.05, 3.63) is 68.7 Å². The van der Waals surface area contributed by atoms with Crippen molar-refractivity contribution < 1.29 is 4.79 Å². The Balaban J connectivity index is 1.75. The summed E-state index contributed by atoms with van der Waals surface area (Å²) in [7, 11) is 0. The Morgan fingerprint density at radius 1 is 1.03 bits per heavy atom. The van der Waals surface area contributed by atoms with Crippen molar-refractivity contribution in [1.29, 1.82) is 0 Å². The standard InChI is InChI=1S/C23H24Cl2N2OS/c1-12-8-14(3)22-19(9-12)13(2)10-21(27-22)29-16(5)23(28)26-15(4)18-7-6-17(24)11-20(18)25/h6-11,15-16H,1-5H3,(H,26,28)/t15-,16+/m0/s1. The first-order valence-corrected chi connectivity index (χ1v) is 11.1. The van der Waals surface area contributed by atoms with Gasteiger partial charge in [0.2, 0.25) is 5.91 Å². The van der Waals surface area contributed by atoms with E-state index in [0.29, 0.717) is 10.0 Å². The molecule has 152 valence electrons.